The third-order valence-corrected chi connectivity index (χ3v) is 23.3. The standard InChI is InChI=1S/C55H39GeN3/c1-55(2)43-30-16-12-26-39(43)49-44(55)34-35-48-50(49)41-28-14-18-32-46(41)59(48)47-33-19-15-29-42(47)54-57-52(36-20-6-3-7-21-36)51-53(58-54)40-27-13-17-31-45(40)56(51,37-22-8-4-9-23-37)38-24-10-5-11-25-38/h3-35H,1-2H3. The first-order valence-corrected chi connectivity index (χ1v) is 24.7. The van der Waals surface area contributed by atoms with Crippen LogP contribution in [0.5, 0.6) is 0 Å². The van der Waals surface area contributed by atoms with Crippen molar-refractivity contribution in [2.45, 2.75) is 19.3 Å². The van der Waals surface area contributed by atoms with Crippen molar-refractivity contribution in [1.29, 1.82) is 0 Å². The van der Waals surface area contributed by atoms with Crippen LogP contribution in [0.25, 0.3) is 72.5 Å². The molecule has 0 atom stereocenters. The first-order chi connectivity index (χ1) is 29.1. The minimum atomic E-state index is -3.69. The number of para-hydroxylation sites is 2. The number of hydrogen-bond donors (Lipinski definition) is 0. The van der Waals surface area contributed by atoms with Crippen LogP contribution in [0.3, 0.4) is 0 Å². The number of aromatic nitrogens is 3. The molecule has 8 aromatic carbocycles. The zero-order valence-electron chi connectivity index (χ0n) is 32.9. The van der Waals surface area contributed by atoms with Crippen molar-refractivity contribution in [3.8, 4) is 50.7 Å². The van der Waals surface area contributed by atoms with E-state index in [4.69, 9.17) is 9.97 Å². The summed E-state index contributed by atoms with van der Waals surface area (Å²) in [6, 6.07) is 73.5. The SMILES string of the molecule is CC1(C)c2ccccc2-c2c1ccc1c2c2ccccc2n1-c1ccccc1-c1nc(-c2ccccc2)[c]2c(n1)-c1cccc[c]1[Ge]2([c]1ccccc1)[c]1ccccc1. The molecule has 0 saturated carbocycles. The van der Waals surface area contributed by atoms with Gasteiger partial charge in [-0.25, -0.2) is 0 Å². The molecule has 1 aliphatic heterocycles. The van der Waals surface area contributed by atoms with E-state index >= 15 is 0 Å². The van der Waals surface area contributed by atoms with Gasteiger partial charge in [-0.2, -0.15) is 0 Å². The van der Waals surface area contributed by atoms with Gasteiger partial charge in [0.25, 0.3) is 0 Å². The van der Waals surface area contributed by atoms with Crippen LogP contribution in [0, 0.1) is 0 Å². The van der Waals surface area contributed by atoms with E-state index in [1.165, 1.54) is 67.2 Å². The molecule has 12 rings (SSSR count). The maximum atomic E-state index is 5.77. The molecule has 3 nitrogen and oxygen atoms in total. The molecule has 4 heteroatoms. The summed E-state index contributed by atoms with van der Waals surface area (Å²) in [5.41, 5.74) is 14.1. The summed E-state index contributed by atoms with van der Waals surface area (Å²) in [6.45, 7) is 4.72. The van der Waals surface area contributed by atoms with E-state index in [0.29, 0.717) is 0 Å². The predicted molar refractivity (Wildman–Crippen MR) is 247 cm³/mol. The van der Waals surface area contributed by atoms with Gasteiger partial charge in [-0.3, -0.25) is 0 Å². The van der Waals surface area contributed by atoms with Crippen LogP contribution in [-0.4, -0.2) is 27.8 Å². The fourth-order valence-electron chi connectivity index (χ4n) is 10.6. The van der Waals surface area contributed by atoms with E-state index in [2.05, 4.69) is 219 Å². The quantitative estimate of drug-likeness (QED) is 0.162. The normalized spacial score (nSPS) is 14.2. The van der Waals surface area contributed by atoms with Gasteiger partial charge in [0.15, 0.2) is 0 Å². The fraction of sp³-hybridized carbons (Fsp3) is 0.0545. The molecule has 2 aromatic heterocycles. The van der Waals surface area contributed by atoms with Gasteiger partial charge < -0.3 is 0 Å². The van der Waals surface area contributed by atoms with Gasteiger partial charge in [0.05, 0.1) is 0 Å². The maximum absolute atomic E-state index is 5.77. The number of hydrogen-bond acceptors (Lipinski definition) is 2. The van der Waals surface area contributed by atoms with E-state index in [1.54, 1.807) is 0 Å². The molecule has 1 aliphatic carbocycles. The first kappa shape index (κ1) is 34.2. The summed E-state index contributed by atoms with van der Waals surface area (Å²) in [4.78, 5) is 11.5. The summed E-state index contributed by atoms with van der Waals surface area (Å²) in [5.74, 6) is 0.728. The van der Waals surface area contributed by atoms with Crippen LogP contribution in [0.15, 0.2) is 200 Å². The van der Waals surface area contributed by atoms with Gasteiger partial charge in [-0.1, -0.05) is 32.0 Å². The molecule has 10 aromatic rings. The second kappa shape index (κ2) is 12.8. The van der Waals surface area contributed by atoms with Crippen LogP contribution in [-0.2, 0) is 5.41 Å². The molecule has 3 heterocycles. The van der Waals surface area contributed by atoms with Crippen LogP contribution in [0.2, 0.25) is 0 Å². The van der Waals surface area contributed by atoms with Crippen molar-refractivity contribution >= 4 is 52.7 Å². The molecular formula is C55H39GeN3. The van der Waals surface area contributed by atoms with Crippen LogP contribution in [0.1, 0.15) is 25.0 Å². The Morgan fingerprint density at radius 2 is 1.03 bits per heavy atom. The summed E-state index contributed by atoms with van der Waals surface area (Å²) in [6.07, 6.45) is 0. The Morgan fingerprint density at radius 3 is 1.78 bits per heavy atom. The topological polar surface area (TPSA) is 30.7 Å². The summed E-state index contributed by atoms with van der Waals surface area (Å²) < 4.78 is 7.90. The monoisotopic (exact) mass is 815 g/mol. The number of benzene rings is 8. The van der Waals surface area contributed by atoms with Gasteiger partial charge in [-0.05, 0) is 0 Å². The Morgan fingerprint density at radius 1 is 0.458 bits per heavy atom. The van der Waals surface area contributed by atoms with Gasteiger partial charge in [0.2, 0.25) is 0 Å². The minimum absolute atomic E-state index is 0.0944. The molecule has 278 valence electrons. The van der Waals surface area contributed by atoms with Crippen molar-refractivity contribution in [2.75, 3.05) is 0 Å². The second-order valence-corrected chi connectivity index (χ2v) is 24.2. The van der Waals surface area contributed by atoms with Crippen molar-refractivity contribution in [2.24, 2.45) is 0 Å². The Bertz CT molecular complexity index is 3250. The zero-order chi connectivity index (χ0) is 39.3. The Labute approximate surface area is 346 Å². The van der Waals surface area contributed by atoms with Gasteiger partial charge in [0, 0.05) is 0 Å². The molecule has 0 fully saturated rings. The average Bonchev–Trinajstić information content (AvgIpc) is 3.88. The Hall–Kier alpha value is -6.82. The van der Waals surface area contributed by atoms with Gasteiger partial charge >= 0.3 is 316 Å². The summed E-state index contributed by atoms with van der Waals surface area (Å²) >= 11 is -3.69. The number of nitrogens with zero attached hydrogens (tertiary/aromatic N) is 3. The number of fused-ring (bicyclic) bond motifs is 10. The molecule has 2 aliphatic rings. The van der Waals surface area contributed by atoms with E-state index in [9.17, 15) is 0 Å². The molecule has 0 spiro atoms. The van der Waals surface area contributed by atoms with E-state index < -0.39 is 13.3 Å². The molecule has 0 N–H and O–H groups in total. The Kier molecular flexibility index (Phi) is 7.45. The van der Waals surface area contributed by atoms with Crippen LogP contribution >= 0.6 is 0 Å². The average molecular weight is 815 g/mol. The molecular weight excluding hydrogens is 775 g/mol. The molecule has 0 unspecified atom stereocenters. The molecule has 0 saturated heterocycles. The van der Waals surface area contributed by atoms with Gasteiger partial charge in [0.1, 0.15) is 0 Å². The molecule has 0 amide bonds. The van der Waals surface area contributed by atoms with Gasteiger partial charge in [-0.15, -0.1) is 0 Å². The van der Waals surface area contributed by atoms with Crippen molar-refractivity contribution in [3.63, 3.8) is 0 Å². The van der Waals surface area contributed by atoms with E-state index in [1.807, 2.05) is 0 Å². The van der Waals surface area contributed by atoms with Crippen molar-refractivity contribution < 1.29 is 0 Å². The molecule has 0 bridgehead atoms. The second-order valence-electron chi connectivity index (χ2n) is 16.4. The zero-order valence-corrected chi connectivity index (χ0v) is 35.0. The van der Waals surface area contributed by atoms with Crippen molar-refractivity contribution in [3.05, 3.63) is 211 Å². The van der Waals surface area contributed by atoms with Crippen molar-refractivity contribution in [1.82, 2.24) is 14.5 Å². The number of rotatable bonds is 5. The summed E-state index contributed by atoms with van der Waals surface area (Å²) in [7, 11) is 0. The van der Waals surface area contributed by atoms with Crippen LogP contribution in [0.4, 0.5) is 0 Å². The fourth-order valence-corrected chi connectivity index (χ4v) is 21.6. The first-order valence-electron chi connectivity index (χ1n) is 20.5. The van der Waals surface area contributed by atoms with E-state index in [-0.39, 0.29) is 5.41 Å². The molecule has 0 radical (unpaired) electrons. The van der Waals surface area contributed by atoms with Crippen LogP contribution < -0.4 is 17.6 Å². The molecule has 59 heavy (non-hydrogen) atoms. The van der Waals surface area contributed by atoms with E-state index in [0.717, 1.165) is 34.0 Å². The third kappa shape index (κ3) is 4.71. The third-order valence-electron chi connectivity index (χ3n) is 13.1. The predicted octanol–water partition coefficient (Wildman–Crippen LogP) is 10.6. The summed E-state index contributed by atoms with van der Waals surface area (Å²) in [5, 5.41) is 2.54. The Balaban J connectivity index is 1.18.